The van der Waals surface area contributed by atoms with Crippen molar-refractivity contribution in [2.75, 3.05) is 20.3 Å². The molecule has 3 aromatic carbocycles. The first kappa shape index (κ1) is 25.2. The minimum Gasteiger partial charge on any atom is -0.488 e. The Morgan fingerprint density at radius 2 is 1.75 bits per heavy atom. The summed E-state index contributed by atoms with van der Waals surface area (Å²) in [4.78, 5) is 31.3. The van der Waals surface area contributed by atoms with Crippen LogP contribution in [0.25, 0.3) is 6.08 Å². The lowest BCUT2D eigenvalue weighted by molar-refractivity contribution is -0.122. The quantitative estimate of drug-likeness (QED) is 0.287. The maximum Gasteiger partial charge on any atom is 0.335 e. The SMILES string of the molecule is COCCCN1C(=O)/C(=C/c2ccccc2OCc2ccc(C(=O)O)cc2)SC1=Nc1ccccc1. The van der Waals surface area contributed by atoms with Crippen molar-refractivity contribution in [3.05, 3.63) is 100 Å². The number of methoxy groups -OCH3 is 1. The van der Waals surface area contributed by atoms with Gasteiger partial charge in [-0.05, 0) is 60.2 Å². The summed E-state index contributed by atoms with van der Waals surface area (Å²) < 4.78 is 11.2. The maximum atomic E-state index is 13.3. The fourth-order valence-corrected chi connectivity index (χ4v) is 4.56. The van der Waals surface area contributed by atoms with Gasteiger partial charge < -0.3 is 14.6 Å². The highest BCUT2D eigenvalue weighted by Crippen LogP contribution is 2.35. The lowest BCUT2D eigenvalue weighted by atomic mass is 10.1. The number of hydrogen-bond acceptors (Lipinski definition) is 6. The number of nitrogens with zero attached hydrogens (tertiary/aromatic N) is 2. The summed E-state index contributed by atoms with van der Waals surface area (Å²) in [6, 6.07) is 23.6. The molecule has 0 atom stereocenters. The first-order valence-electron chi connectivity index (χ1n) is 11.4. The third-order valence-electron chi connectivity index (χ3n) is 5.40. The molecule has 0 aromatic heterocycles. The Bertz CT molecular complexity index is 1270. The van der Waals surface area contributed by atoms with Crippen LogP contribution in [0.15, 0.2) is 88.8 Å². The molecule has 0 spiro atoms. The molecule has 1 amide bonds. The van der Waals surface area contributed by atoms with E-state index in [2.05, 4.69) is 0 Å². The van der Waals surface area contributed by atoms with Gasteiger partial charge in [-0.25, -0.2) is 9.79 Å². The van der Waals surface area contributed by atoms with Crippen LogP contribution in [0.3, 0.4) is 0 Å². The van der Waals surface area contributed by atoms with Crippen molar-refractivity contribution in [1.29, 1.82) is 0 Å². The zero-order valence-corrected chi connectivity index (χ0v) is 20.6. The highest BCUT2D eigenvalue weighted by atomic mass is 32.2. The standard InChI is InChI=1S/C28H26N2O5S/c1-34-17-7-16-30-26(31)25(36-28(30)29-23-9-3-2-4-10-23)18-22-8-5-6-11-24(22)35-19-20-12-14-21(15-13-20)27(32)33/h2-6,8-15,18H,7,16-17,19H2,1H3,(H,32,33)/b25-18-,29-28?. The van der Waals surface area contributed by atoms with Crippen LogP contribution in [-0.4, -0.2) is 47.3 Å². The molecule has 0 radical (unpaired) electrons. The minimum absolute atomic E-state index is 0.107. The second kappa shape index (κ2) is 12.2. The second-order valence-corrected chi connectivity index (χ2v) is 8.98. The molecule has 0 unspecified atom stereocenters. The number of rotatable bonds is 10. The molecule has 4 rings (SSSR count). The molecule has 8 heteroatoms. The second-order valence-electron chi connectivity index (χ2n) is 7.97. The van der Waals surface area contributed by atoms with Crippen LogP contribution in [-0.2, 0) is 16.1 Å². The van der Waals surface area contributed by atoms with Gasteiger partial charge in [-0.15, -0.1) is 0 Å². The molecule has 1 aliphatic heterocycles. The van der Waals surface area contributed by atoms with Crippen LogP contribution in [0.1, 0.15) is 27.9 Å². The molecule has 1 aliphatic rings. The van der Waals surface area contributed by atoms with Gasteiger partial charge in [-0.1, -0.05) is 48.5 Å². The van der Waals surface area contributed by atoms with Crippen LogP contribution in [0.4, 0.5) is 5.69 Å². The highest BCUT2D eigenvalue weighted by molar-refractivity contribution is 8.18. The van der Waals surface area contributed by atoms with Crippen LogP contribution in [0.2, 0.25) is 0 Å². The molecule has 184 valence electrons. The Labute approximate surface area is 214 Å². The van der Waals surface area contributed by atoms with Gasteiger partial charge in [0.2, 0.25) is 0 Å². The predicted octanol–water partition coefficient (Wildman–Crippen LogP) is 5.60. The van der Waals surface area contributed by atoms with E-state index in [0.29, 0.717) is 35.4 Å². The number of amidine groups is 1. The Morgan fingerprint density at radius 3 is 2.47 bits per heavy atom. The molecular weight excluding hydrogens is 476 g/mol. The van der Waals surface area contributed by atoms with Gasteiger partial charge in [0.25, 0.3) is 5.91 Å². The monoisotopic (exact) mass is 502 g/mol. The van der Waals surface area contributed by atoms with Crippen molar-refractivity contribution >= 4 is 40.6 Å². The summed E-state index contributed by atoms with van der Waals surface area (Å²) in [6.45, 7) is 1.33. The van der Waals surface area contributed by atoms with E-state index in [0.717, 1.165) is 16.8 Å². The van der Waals surface area contributed by atoms with Gasteiger partial charge in [-0.3, -0.25) is 9.69 Å². The zero-order valence-electron chi connectivity index (χ0n) is 19.8. The molecule has 1 saturated heterocycles. The summed E-state index contributed by atoms with van der Waals surface area (Å²) in [5, 5.41) is 9.70. The smallest absolute Gasteiger partial charge is 0.335 e. The lowest BCUT2D eigenvalue weighted by Crippen LogP contribution is -2.30. The molecule has 1 fully saturated rings. The summed E-state index contributed by atoms with van der Waals surface area (Å²) in [5.74, 6) is -0.449. The van der Waals surface area contributed by atoms with Crippen LogP contribution >= 0.6 is 11.8 Å². The number of thioether (sulfide) groups is 1. The summed E-state index contributed by atoms with van der Waals surface area (Å²) >= 11 is 1.34. The Morgan fingerprint density at radius 1 is 1.03 bits per heavy atom. The maximum absolute atomic E-state index is 13.3. The molecule has 0 bridgehead atoms. The number of aromatic carboxylic acids is 1. The fourth-order valence-electron chi connectivity index (χ4n) is 3.55. The molecule has 0 saturated carbocycles. The summed E-state index contributed by atoms with van der Waals surface area (Å²) in [6.07, 6.45) is 2.52. The summed E-state index contributed by atoms with van der Waals surface area (Å²) in [7, 11) is 1.64. The predicted molar refractivity (Wildman–Crippen MR) is 141 cm³/mol. The molecule has 1 heterocycles. The molecule has 3 aromatic rings. The van der Waals surface area contributed by atoms with Crippen molar-refractivity contribution in [3.63, 3.8) is 0 Å². The Balaban J connectivity index is 1.55. The van der Waals surface area contributed by atoms with E-state index in [-0.39, 0.29) is 18.1 Å². The Hall–Kier alpha value is -3.88. The zero-order chi connectivity index (χ0) is 25.3. The van der Waals surface area contributed by atoms with Gasteiger partial charge in [-0.2, -0.15) is 0 Å². The van der Waals surface area contributed by atoms with Gasteiger partial charge >= 0.3 is 5.97 Å². The van der Waals surface area contributed by atoms with Gasteiger partial charge in [0, 0.05) is 25.8 Å². The Kier molecular flexibility index (Phi) is 8.54. The number of aliphatic imine (C=N–C) groups is 1. The highest BCUT2D eigenvalue weighted by Gasteiger charge is 2.33. The van der Waals surface area contributed by atoms with E-state index in [1.807, 2.05) is 60.7 Å². The average molecular weight is 503 g/mol. The minimum atomic E-state index is -0.968. The number of para-hydroxylation sites is 2. The van der Waals surface area contributed by atoms with E-state index in [4.69, 9.17) is 19.6 Å². The van der Waals surface area contributed by atoms with E-state index >= 15 is 0 Å². The van der Waals surface area contributed by atoms with E-state index in [1.165, 1.54) is 11.8 Å². The average Bonchev–Trinajstić information content (AvgIpc) is 3.18. The van der Waals surface area contributed by atoms with Crippen molar-refractivity contribution in [3.8, 4) is 5.75 Å². The van der Waals surface area contributed by atoms with Crippen LogP contribution < -0.4 is 4.74 Å². The molecule has 7 nitrogen and oxygen atoms in total. The molecule has 1 N–H and O–H groups in total. The van der Waals surface area contributed by atoms with Crippen LogP contribution in [0.5, 0.6) is 5.75 Å². The van der Waals surface area contributed by atoms with Crippen molar-refractivity contribution < 1.29 is 24.2 Å². The van der Waals surface area contributed by atoms with Gasteiger partial charge in [0.15, 0.2) is 5.17 Å². The largest absolute Gasteiger partial charge is 0.488 e. The third kappa shape index (κ3) is 6.41. The number of hydrogen-bond donors (Lipinski definition) is 1. The fraction of sp³-hybridized carbons (Fsp3) is 0.179. The molecule has 36 heavy (non-hydrogen) atoms. The number of benzene rings is 3. The first-order chi connectivity index (χ1) is 17.5. The normalized spacial score (nSPS) is 15.6. The first-order valence-corrected chi connectivity index (χ1v) is 12.2. The number of carboxylic acid groups (broad SMARTS) is 1. The lowest BCUT2D eigenvalue weighted by Gasteiger charge is -2.15. The van der Waals surface area contributed by atoms with E-state index in [9.17, 15) is 9.59 Å². The van der Waals surface area contributed by atoms with Crippen molar-refractivity contribution in [1.82, 2.24) is 4.90 Å². The number of carbonyl (C=O) groups is 2. The van der Waals surface area contributed by atoms with Crippen LogP contribution in [0, 0.1) is 0 Å². The van der Waals surface area contributed by atoms with Crippen molar-refractivity contribution in [2.24, 2.45) is 4.99 Å². The number of amides is 1. The topological polar surface area (TPSA) is 88.4 Å². The number of carboxylic acids is 1. The number of carbonyl (C=O) groups excluding carboxylic acids is 1. The van der Waals surface area contributed by atoms with E-state index < -0.39 is 5.97 Å². The number of ether oxygens (including phenoxy) is 2. The molecule has 0 aliphatic carbocycles. The van der Waals surface area contributed by atoms with Gasteiger partial charge in [0.1, 0.15) is 12.4 Å². The van der Waals surface area contributed by atoms with Gasteiger partial charge in [0.05, 0.1) is 16.2 Å². The van der Waals surface area contributed by atoms with Crippen molar-refractivity contribution in [2.45, 2.75) is 13.0 Å². The third-order valence-corrected chi connectivity index (χ3v) is 6.41. The molecular formula is C28H26N2O5S. The van der Waals surface area contributed by atoms with E-state index in [1.54, 1.807) is 36.3 Å². The summed E-state index contributed by atoms with van der Waals surface area (Å²) in [5.41, 5.74) is 2.62.